The van der Waals surface area contributed by atoms with Crippen LogP contribution < -0.4 is 21.3 Å². The van der Waals surface area contributed by atoms with Gasteiger partial charge >= 0.3 is 5.97 Å². The van der Waals surface area contributed by atoms with Gasteiger partial charge in [0.1, 0.15) is 0 Å². The topological polar surface area (TPSA) is 85.4 Å². The highest BCUT2D eigenvalue weighted by Gasteiger charge is 1.94. The molecule has 0 radical (unpaired) electrons. The molecule has 0 aromatic carbocycles. The molecule has 0 aromatic rings. The summed E-state index contributed by atoms with van der Waals surface area (Å²) in [5, 5.41) is 21.3. The summed E-state index contributed by atoms with van der Waals surface area (Å²) in [6.45, 7) is 10.1. The Kier molecular flexibility index (Phi) is 16.3. The number of carbonyl (C=O) groups is 1. The van der Waals surface area contributed by atoms with Gasteiger partial charge in [-0.1, -0.05) is 12.5 Å². The summed E-state index contributed by atoms with van der Waals surface area (Å²) >= 11 is 0. The van der Waals surface area contributed by atoms with Crippen LogP contribution >= 0.6 is 0 Å². The summed E-state index contributed by atoms with van der Waals surface area (Å²) in [7, 11) is 0. The zero-order valence-electron chi connectivity index (χ0n) is 13.1. The van der Waals surface area contributed by atoms with Crippen LogP contribution in [0.5, 0.6) is 0 Å². The maximum absolute atomic E-state index is 10.2. The first-order valence-corrected chi connectivity index (χ1v) is 7.93. The van der Waals surface area contributed by atoms with Crippen LogP contribution in [-0.4, -0.2) is 63.4 Å². The van der Waals surface area contributed by atoms with Gasteiger partial charge in [-0.3, -0.25) is 4.79 Å². The third-order valence-corrected chi connectivity index (χ3v) is 2.97. The minimum Gasteiger partial charge on any atom is -0.480 e. The Morgan fingerprint density at radius 2 is 1.33 bits per heavy atom. The van der Waals surface area contributed by atoms with Gasteiger partial charge in [0.15, 0.2) is 0 Å². The molecule has 6 heteroatoms. The molecular formula is C15H32N4O2. The number of carboxylic acids is 1. The Morgan fingerprint density at radius 3 is 1.86 bits per heavy atom. The van der Waals surface area contributed by atoms with Crippen molar-refractivity contribution in [2.45, 2.75) is 25.7 Å². The largest absolute Gasteiger partial charge is 0.480 e. The molecule has 5 N–H and O–H groups in total. The molecule has 0 unspecified atom stereocenters. The Morgan fingerprint density at radius 1 is 0.810 bits per heavy atom. The Hall–Kier alpha value is -0.950. The minimum absolute atomic E-state index is 0.0270. The third-order valence-electron chi connectivity index (χ3n) is 2.97. The van der Waals surface area contributed by atoms with E-state index in [-0.39, 0.29) is 6.54 Å². The highest BCUT2D eigenvalue weighted by Crippen LogP contribution is 1.98. The number of hydrogen-bond acceptors (Lipinski definition) is 5. The van der Waals surface area contributed by atoms with Crippen molar-refractivity contribution in [1.29, 1.82) is 0 Å². The summed E-state index contributed by atoms with van der Waals surface area (Å²) < 4.78 is 0. The predicted octanol–water partition coefficient (Wildman–Crippen LogP) is 0.176. The summed E-state index contributed by atoms with van der Waals surface area (Å²) in [4.78, 5) is 10.2. The Labute approximate surface area is 128 Å². The van der Waals surface area contributed by atoms with E-state index in [0.29, 0.717) is 6.54 Å². The molecule has 0 aromatic heterocycles. The van der Waals surface area contributed by atoms with Gasteiger partial charge in [-0.2, -0.15) is 0 Å². The quantitative estimate of drug-likeness (QED) is 0.195. The molecule has 0 heterocycles. The lowest BCUT2D eigenvalue weighted by Gasteiger charge is -2.08. The molecule has 0 bridgehead atoms. The molecular weight excluding hydrogens is 268 g/mol. The number of hydrogen-bond donors (Lipinski definition) is 5. The van der Waals surface area contributed by atoms with Crippen LogP contribution in [0, 0.1) is 0 Å². The fraction of sp³-hybridized carbons (Fsp3) is 0.800. The number of unbranched alkanes of at least 4 members (excludes halogenated alkanes) is 3. The average molecular weight is 300 g/mol. The Bertz CT molecular complexity index is 250. The first-order valence-electron chi connectivity index (χ1n) is 7.93. The highest BCUT2D eigenvalue weighted by molar-refractivity contribution is 5.68. The summed E-state index contributed by atoms with van der Waals surface area (Å²) in [6.07, 6.45) is 6.86. The second kappa shape index (κ2) is 17.1. The smallest absolute Gasteiger partial charge is 0.317 e. The van der Waals surface area contributed by atoms with Gasteiger partial charge in [-0.05, 0) is 25.8 Å². The zero-order chi connectivity index (χ0) is 15.6. The number of allylic oxidation sites excluding steroid dienone is 1. The molecule has 0 spiro atoms. The molecule has 0 aliphatic heterocycles. The minimum atomic E-state index is -0.815. The van der Waals surface area contributed by atoms with Crippen LogP contribution in [-0.2, 0) is 4.79 Å². The molecule has 6 nitrogen and oxygen atoms in total. The first-order chi connectivity index (χ1) is 10.3. The van der Waals surface area contributed by atoms with Crippen molar-refractivity contribution in [2.24, 2.45) is 0 Å². The number of rotatable bonds is 17. The number of carboxylic acid groups (broad SMARTS) is 1. The van der Waals surface area contributed by atoms with Crippen LogP contribution in [0.1, 0.15) is 25.7 Å². The normalized spacial score (nSPS) is 10.7. The van der Waals surface area contributed by atoms with E-state index in [9.17, 15) is 4.79 Å². The lowest BCUT2D eigenvalue weighted by Crippen LogP contribution is -2.36. The van der Waals surface area contributed by atoms with Gasteiger partial charge in [0.25, 0.3) is 0 Å². The van der Waals surface area contributed by atoms with E-state index in [1.807, 2.05) is 6.08 Å². The molecule has 124 valence electrons. The molecule has 0 atom stereocenters. The van der Waals surface area contributed by atoms with E-state index in [0.717, 1.165) is 45.7 Å². The standard InChI is InChI=1S/C15H32N4O2/c1-2-3-4-5-6-7-16-8-9-17-10-11-18-12-13-19-14-15(20)21/h2,16-19H,1,3-14H2,(H,20,21). The maximum Gasteiger partial charge on any atom is 0.317 e. The lowest BCUT2D eigenvalue weighted by molar-refractivity contribution is -0.135. The van der Waals surface area contributed by atoms with Gasteiger partial charge < -0.3 is 26.4 Å². The molecule has 0 rings (SSSR count). The van der Waals surface area contributed by atoms with Crippen LogP contribution in [0.4, 0.5) is 0 Å². The first kappa shape index (κ1) is 20.1. The van der Waals surface area contributed by atoms with E-state index in [1.54, 1.807) is 0 Å². The summed E-state index contributed by atoms with van der Waals surface area (Å²) in [6, 6.07) is 0. The van der Waals surface area contributed by atoms with E-state index < -0.39 is 5.97 Å². The summed E-state index contributed by atoms with van der Waals surface area (Å²) in [5.74, 6) is -0.815. The van der Waals surface area contributed by atoms with Gasteiger partial charge in [0.2, 0.25) is 0 Å². The SMILES string of the molecule is C=CCCCCCNCCNCCNCCNCC(=O)O. The van der Waals surface area contributed by atoms with Crippen LogP contribution in [0.2, 0.25) is 0 Å². The molecule has 0 amide bonds. The second-order valence-electron chi connectivity index (χ2n) is 4.96. The van der Waals surface area contributed by atoms with Crippen molar-refractivity contribution in [3.63, 3.8) is 0 Å². The third kappa shape index (κ3) is 19.0. The summed E-state index contributed by atoms with van der Waals surface area (Å²) in [5.41, 5.74) is 0. The van der Waals surface area contributed by atoms with Crippen molar-refractivity contribution in [2.75, 3.05) is 52.4 Å². The zero-order valence-corrected chi connectivity index (χ0v) is 13.1. The molecule has 0 aliphatic rings. The second-order valence-corrected chi connectivity index (χ2v) is 4.96. The van der Waals surface area contributed by atoms with Crippen LogP contribution in [0.25, 0.3) is 0 Å². The number of nitrogens with one attached hydrogen (secondary N) is 4. The predicted molar refractivity (Wildman–Crippen MR) is 87.8 cm³/mol. The monoisotopic (exact) mass is 300 g/mol. The van der Waals surface area contributed by atoms with Crippen molar-refractivity contribution >= 4 is 5.97 Å². The van der Waals surface area contributed by atoms with Crippen molar-refractivity contribution in [3.05, 3.63) is 12.7 Å². The maximum atomic E-state index is 10.2. The molecule has 0 fully saturated rings. The molecule has 0 saturated heterocycles. The van der Waals surface area contributed by atoms with Gasteiger partial charge in [0.05, 0.1) is 6.54 Å². The number of aliphatic carboxylic acids is 1. The van der Waals surface area contributed by atoms with Crippen molar-refractivity contribution in [1.82, 2.24) is 21.3 Å². The van der Waals surface area contributed by atoms with Crippen molar-refractivity contribution in [3.8, 4) is 0 Å². The molecule has 21 heavy (non-hydrogen) atoms. The van der Waals surface area contributed by atoms with Crippen molar-refractivity contribution < 1.29 is 9.90 Å². The van der Waals surface area contributed by atoms with E-state index >= 15 is 0 Å². The van der Waals surface area contributed by atoms with E-state index in [1.165, 1.54) is 19.3 Å². The Balaban J connectivity index is 2.96. The average Bonchev–Trinajstić information content (AvgIpc) is 2.46. The van der Waals surface area contributed by atoms with Crippen LogP contribution in [0.15, 0.2) is 12.7 Å². The fourth-order valence-corrected chi connectivity index (χ4v) is 1.82. The van der Waals surface area contributed by atoms with Gasteiger partial charge in [0, 0.05) is 39.3 Å². The molecule has 0 saturated carbocycles. The van der Waals surface area contributed by atoms with E-state index in [4.69, 9.17) is 5.11 Å². The highest BCUT2D eigenvalue weighted by atomic mass is 16.4. The fourth-order valence-electron chi connectivity index (χ4n) is 1.82. The van der Waals surface area contributed by atoms with E-state index in [2.05, 4.69) is 27.8 Å². The van der Waals surface area contributed by atoms with Crippen LogP contribution in [0.3, 0.4) is 0 Å². The lowest BCUT2D eigenvalue weighted by atomic mass is 10.2. The molecule has 0 aliphatic carbocycles. The van der Waals surface area contributed by atoms with Gasteiger partial charge in [-0.15, -0.1) is 6.58 Å². The van der Waals surface area contributed by atoms with Gasteiger partial charge in [-0.25, -0.2) is 0 Å².